The maximum Gasteiger partial charge on any atom is 0.311 e. The van der Waals surface area contributed by atoms with Crippen LogP contribution in [0.4, 0.5) is 8.78 Å². The van der Waals surface area contributed by atoms with Crippen molar-refractivity contribution in [3.8, 4) is 11.5 Å². The smallest absolute Gasteiger partial charge is 0.311 e. The largest absolute Gasteiger partial charge is 0.426 e. The van der Waals surface area contributed by atoms with Crippen molar-refractivity contribution >= 4 is 11.9 Å². The lowest BCUT2D eigenvalue weighted by atomic mass is 10.2. The number of rotatable bonds is 7. The van der Waals surface area contributed by atoms with Gasteiger partial charge in [-0.3, -0.25) is 9.59 Å². The van der Waals surface area contributed by atoms with E-state index in [2.05, 4.69) is 0 Å². The molecule has 0 radical (unpaired) electrons. The van der Waals surface area contributed by atoms with Crippen molar-refractivity contribution in [1.82, 2.24) is 0 Å². The van der Waals surface area contributed by atoms with E-state index in [1.54, 1.807) is 0 Å². The molecule has 0 aliphatic rings. The first-order chi connectivity index (χ1) is 11.5. The number of carbonyl (C=O) groups excluding carboxylic acids is 2. The van der Waals surface area contributed by atoms with Gasteiger partial charge in [0.25, 0.3) is 0 Å². The molecule has 0 aliphatic heterocycles. The molecule has 0 heterocycles. The predicted molar refractivity (Wildman–Crippen MR) is 82.5 cm³/mol. The fourth-order valence-corrected chi connectivity index (χ4v) is 1.96. The van der Waals surface area contributed by atoms with Crippen LogP contribution in [0, 0.1) is 11.6 Å². The lowest BCUT2D eigenvalue weighted by Crippen LogP contribution is -2.10. The van der Waals surface area contributed by atoms with Crippen LogP contribution in [-0.2, 0) is 9.59 Å². The van der Waals surface area contributed by atoms with Crippen LogP contribution in [0.25, 0.3) is 0 Å². The zero-order valence-corrected chi connectivity index (χ0v) is 12.8. The summed E-state index contributed by atoms with van der Waals surface area (Å²) in [5, 5.41) is 0. The Morgan fingerprint density at radius 1 is 0.750 bits per heavy atom. The molecular weight excluding hydrogens is 318 g/mol. The molecule has 0 unspecified atom stereocenters. The molecule has 0 aromatic heterocycles. The molecule has 2 rings (SSSR count). The number of carbonyl (C=O) groups is 2. The van der Waals surface area contributed by atoms with E-state index in [9.17, 15) is 18.4 Å². The second-order valence-corrected chi connectivity index (χ2v) is 5.07. The minimum atomic E-state index is -0.501. The van der Waals surface area contributed by atoms with Crippen molar-refractivity contribution in [3.63, 3.8) is 0 Å². The highest BCUT2D eigenvalue weighted by Crippen LogP contribution is 2.15. The van der Waals surface area contributed by atoms with E-state index >= 15 is 0 Å². The molecule has 0 atom stereocenters. The minimum Gasteiger partial charge on any atom is -0.426 e. The van der Waals surface area contributed by atoms with Crippen molar-refractivity contribution in [1.29, 1.82) is 0 Å². The Labute approximate surface area is 138 Å². The van der Waals surface area contributed by atoms with Gasteiger partial charge in [0.15, 0.2) is 0 Å². The van der Waals surface area contributed by atoms with E-state index in [1.165, 1.54) is 36.4 Å². The first-order valence-electron chi connectivity index (χ1n) is 7.45. The van der Waals surface area contributed by atoms with E-state index in [4.69, 9.17) is 9.47 Å². The Morgan fingerprint density at radius 3 is 1.54 bits per heavy atom. The number of benzene rings is 2. The quantitative estimate of drug-likeness (QED) is 0.436. The topological polar surface area (TPSA) is 52.6 Å². The van der Waals surface area contributed by atoms with E-state index in [0.717, 1.165) is 12.1 Å². The lowest BCUT2D eigenvalue weighted by molar-refractivity contribution is -0.136. The molecule has 0 aliphatic carbocycles. The van der Waals surface area contributed by atoms with Crippen LogP contribution in [0.15, 0.2) is 48.5 Å². The number of halogens is 2. The molecule has 0 N–H and O–H groups in total. The summed E-state index contributed by atoms with van der Waals surface area (Å²) in [5.41, 5.74) is 0. The fourth-order valence-electron chi connectivity index (χ4n) is 1.96. The van der Waals surface area contributed by atoms with E-state index in [-0.39, 0.29) is 24.3 Å². The first-order valence-corrected chi connectivity index (χ1v) is 7.45. The van der Waals surface area contributed by atoms with Crippen molar-refractivity contribution in [2.24, 2.45) is 0 Å². The normalized spacial score (nSPS) is 10.2. The predicted octanol–water partition coefficient (Wildman–Crippen LogP) is 4.04. The Bertz CT molecular complexity index is 654. The fraction of sp³-hybridized carbons (Fsp3) is 0.222. The molecule has 0 saturated carbocycles. The number of hydrogen-bond donors (Lipinski definition) is 0. The van der Waals surface area contributed by atoms with Gasteiger partial charge in [0, 0.05) is 25.0 Å². The SMILES string of the molecule is O=C(CCCCC(=O)Oc1cccc(F)c1)Oc1cccc(F)c1. The Balaban J connectivity index is 1.65. The average Bonchev–Trinajstić information content (AvgIpc) is 2.51. The third-order valence-corrected chi connectivity index (χ3v) is 3.07. The summed E-state index contributed by atoms with van der Waals surface area (Å²) in [6.07, 6.45) is 1.05. The maximum atomic E-state index is 13.0. The van der Waals surface area contributed by atoms with Crippen LogP contribution in [0.1, 0.15) is 25.7 Å². The third-order valence-electron chi connectivity index (χ3n) is 3.07. The Hall–Kier alpha value is -2.76. The second kappa shape index (κ2) is 8.76. The van der Waals surface area contributed by atoms with Crippen LogP contribution in [0.3, 0.4) is 0 Å². The van der Waals surface area contributed by atoms with Gasteiger partial charge in [0.2, 0.25) is 0 Å². The zero-order chi connectivity index (χ0) is 17.4. The standard InChI is InChI=1S/C18H16F2O4/c19-13-5-3-7-15(11-13)23-17(21)9-1-2-10-18(22)24-16-8-4-6-14(20)12-16/h3-8,11-12H,1-2,9-10H2. The Kier molecular flexibility index (Phi) is 6.42. The summed E-state index contributed by atoms with van der Waals surface area (Å²) in [6, 6.07) is 10.6. The van der Waals surface area contributed by atoms with Crippen molar-refractivity contribution in [2.45, 2.75) is 25.7 Å². The highest BCUT2D eigenvalue weighted by atomic mass is 19.1. The van der Waals surface area contributed by atoms with Crippen LogP contribution in [0.2, 0.25) is 0 Å². The highest BCUT2D eigenvalue weighted by Gasteiger charge is 2.09. The molecule has 4 nitrogen and oxygen atoms in total. The Morgan fingerprint density at radius 2 is 1.17 bits per heavy atom. The summed E-state index contributed by atoms with van der Waals surface area (Å²) in [5.74, 6) is -1.69. The molecule has 2 aromatic rings. The van der Waals surface area contributed by atoms with Crippen molar-refractivity contribution in [3.05, 3.63) is 60.2 Å². The van der Waals surface area contributed by atoms with E-state index in [0.29, 0.717) is 12.8 Å². The van der Waals surface area contributed by atoms with Gasteiger partial charge in [0.1, 0.15) is 23.1 Å². The molecule has 126 valence electrons. The number of unbranched alkanes of at least 4 members (excludes halogenated alkanes) is 1. The molecule has 0 saturated heterocycles. The minimum absolute atomic E-state index is 0.101. The van der Waals surface area contributed by atoms with Gasteiger partial charge in [-0.2, -0.15) is 0 Å². The van der Waals surface area contributed by atoms with Gasteiger partial charge in [0.05, 0.1) is 0 Å². The number of ether oxygens (including phenoxy) is 2. The van der Waals surface area contributed by atoms with Crippen molar-refractivity contribution < 1.29 is 27.8 Å². The van der Waals surface area contributed by atoms with Gasteiger partial charge in [-0.25, -0.2) is 8.78 Å². The van der Waals surface area contributed by atoms with Gasteiger partial charge >= 0.3 is 11.9 Å². The van der Waals surface area contributed by atoms with Crippen LogP contribution in [-0.4, -0.2) is 11.9 Å². The molecule has 0 amide bonds. The first kappa shape index (κ1) is 17.6. The number of hydrogen-bond acceptors (Lipinski definition) is 4. The maximum absolute atomic E-state index is 13.0. The summed E-state index contributed by atoms with van der Waals surface area (Å²) in [4.78, 5) is 23.2. The molecule has 6 heteroatoms. The van der Waals surface area contributed by atoms with Gasteiger partial charge in [-0.1, -0.05) is 12.1 Å². The second-order valence-electron chi connectivity index (χ2n) is 5.07. The molecule has 0 bridgehead atoms. The van der Waals surface area contributed by atoms with Gasteiger partial charge in [-0.15, -0.1) is 0 Å². The van der Waals surface area contributed by atoms with Crippen LogP contribution in [0.5, 0.6) is 11.5 Å². The highest BCUT2D eigenvalue weighted by molar-refractivity contribution is 5.73. The molecule has 0 spiro atoms. The lowest BCUT2D eigenvalue weighted by Gasteiger charge is -2.05. The molecule has 0 fully saturated rings. The van der Waals surface area contributed by atoms with Crippen molar-refractivity contribution in [2.75, 3.05) is 0 Å². The summed E-state index contributed by atoms with van der Waals surface area (Å²) in [7, 11) is 0. The number of esters is 2. The van der Waals surface area contributed by atoms with Crippen LogP contribution < -0.4 is 9.47 Å². The molecule has 24 heavy (non-hydrogen) atoms. The van der Waals surface area contributed by atoms with Crippen LogP contribution >= 0.6 is 0 Å². The van der Waals surface area contributed by atoms with E-state index < -0.39 is 23.6 Å². The zero-order valence-electron chi connectivity index (χ0n) is 12.8. The van der Waals surface area contributed by atoms with Gasteiger partial charge < -0.3 is 9.47 Å². The summed E-state index contributed by atoms with van der Waals surface area (Å²) in [6.45, 7) is 0. The van der Waals surface area contributed by atoms with E-state index in [1.807, 2.05) is 0 Å². The monoisotopic (exact) mass is 334 g/mol. The van der Waals surface area contributed by atoms with Gasteiger partial charge in [-0.05, 0) is 37.1 Å². The summed E-state index contributed by atoms with van der Waals surface area (Å²) >= 11 is 0. The summed E-state index contributed by atoms with van der Waals surface area (Å²) < 4.78 is 35.9. The third kappa shape index (κ3) is 6.16. The molecular formula is C18H16F2O4. The molecule has 2 aromatic carbocycles. The average molecular weight is 334 g/mol.